The summed E-state index contributed by atoms with van der Waals surface area (Å²) in [5.74, 6) is 0.971. The molecule has 3 aromatic carbocycles. The molecule has 0 fully saturated rings. The Kier molecular flexibility index (Phi) is 5.28. The number of rotatable bonds is 7. The Morgan fingerprint density at radius 3 is 2.48 bits per heavy atom. The van der Waals surface area contributed by atoms with Crippen LogP contribution in [0.1, 0.15) is 24.9 Å². The zero-order valence-electron chi connectivity index (χ0n) is 13.5. The SMILES string of the molecule is C[C@H](NCCCOc1cccc2ccccc12)c1ccccc1. The van der Waals surface area contributed by atoms with Crippen molar-refractivity contribution in [1.29, 1.82) is 0 Å². The van der Waals surface area contributed by atoms with Crippen LogP contribution < -0.4 is 10.1 Å². The van der Waals surface area contributed by atoms with E-state index >= 15 is 0 Å². The molecule has 3 aromatic rings. The highest BCUT2D eigenvalue weighted by Crippen LogP contribution is 2.25. The molecule has 0 aromatic heterocycles. The van der Waals surface area contributed by atoms with E-state index in [0.717, 1.165) is 25.3 Å². The number of ether oxygens (including phenoxy) is 1. The van der Waals surface area contributed by atoms with Crippen molar-refractivity contribution in [2.45, 2.75) is 19.4 Å². The van der Waals surface area contributed by atoms with Gasteiger partial charge < -0.3 is 10.1 Å². The molecule has 1 atom stereocenters. The molecule has 0 saturated carbocycles. The van der Waals surface area contributed by atoms with Crippen LogP contribution in [0, 0.1) is 0 Å². The average Bonchev–Trinajstić information content (AvgIpc) is 2.62. The van der Waals surface area contributed by atoms with Gasteiger partial charge in [-0.15, -0.1) is 0 Å². The fraction of sp³-hybridized carbons (Fsp3) is 0.238. The van der Waals surface area contributed by atoms with E-state index in [-0.39, 0.29) is 0 Å². The Hall–Kier alpha value is -2.32. The first-order chi connectivity index (χ1) is 11.3. The molecule has 2 nitrogen and oxygen atoms in total. The van der Waals surface area contributed by atoms with Gasteiger partial charge in [0.15, 0.2) is 0 Å². The molecule has 118 valence electrons. The van der Waals surface area contributed by atoms with E-state index in [2.05, 4.69) is 66.8 Å². The zero-order chi connectivity index (χ0) is 15.9. The third kappa shape index (κ3) is 4.11. The molecule has 0 heterocycles. The first-order valence-electron chi connectivity index (χ1n) is 8.23. The van der Waals surface area contributed by atoms with Crippen LogP contribution in [-0.4, -0.2) is 13.2 Å². The van der Waals surface area contributed by atoms with Gasteiger partial charge in [0, 0.05) is 11.4 Å². The Morgan fingerprint density at radius 1 is 0.870 bits per heavy atom. The van der Waals surface area contributed by atoms with E-state index in [1.165, 1.54) is 16.3 Å². The molecule has 0 aliphatic rings. The lowest BCUT2D eigenvalue weighted by atomic mass is 10.1. The predicted molar refractivity (Wildman–Crippen MR) is 96.9 cm³/mol. The smallest absolute Gasteiger partial charge is 0.127 e. The summed E-state index contributed by atoms with van der Waals surface area (Å²) in [6.07, 6.45) is 0.987. The number of hydrogen-bond donors (Lipinski definition) is 1. The van der Waals surface area contributed by atoms with E-state index in [9.17, 15) is 0 Å². The molecular weight excluding hydrogens is 282 g/mol. The summed E-state index contributed by atoms with van der Waals surface area (Å²) in [5.41, 5.74) is 1.32. The van der Waals surface area contributed by atoms with Gasteiger partial charge >= 0.3 is 0 Å². The van der Waals surface area contributed by atoms with Gasteiger partial charge in [0.2, 0.25) is 0 Å². The minimum atomic E-state index is 0.369. The minimum Gasteiger partial charge on any atom is -0.493 e. The van der Waals surface area contributed by atoms with Crippen molar-refractivity contribution in [1.82, 2.24) is 5.32 Å². The maximum absolute atomic E-state index is 5.97. The highest BCUT2D eigenvalue weighted by atomic mass is 16.5. The van der Waals surface area contributed by atoms with Crippen molar-refractivity contribution in [3.8, 4) is 5.75 Å². The second kappa shape index (κ2) is 7.80. The van der Waals surface area contributed by atoms with Crippen LogP contribution in [0.2, 0.25) is 0 Å². The van der Waals surface area contributed by atoms with Gasteiger partial charge in [-0.3, -0.25) is 0 Å². The predicted octanol–water partition coefficient (Wildman–Crippen LogP) is 4.96. The number of fused-ring (bicyclic) bond motifs is 1. The van der Waals surface area contributed by atoms with Gasteiger partial charge in [-0.1, -0.05) is 66.7 Å². The van der Waals surface area contributed by atoms with Crippen LogP contribution in [0.5, 0.6) is 5.75 Å². The van der Waals surface area contributed by atoms with Crippen LogP contribution in [-0.2, 0) is 0 Å². The molecule has 0 aliphatic carbocycles. The quantitative estimate of drug-likeness (QED) is 0.623. The number of nitrogens with one attached hydrogen (secondary N) is 1. The van der Waals surface area contributed by atoms with Crippen molar-refractivity contribution in [2.75, 3.05) is 13.2 Å². The lowest BCUT2D eigenvalue weighted by Crippen LogP contribution is -2.21. The van der Waals surface area contributed by atoms with Crippen molar-refractivity contribution in [2.24, 2.45) is 0 Å². The maximum atomic E-state index is 5.97. The van der Waals surface area contributed by atoms with Crippen molar-refractivity contribution < 1.29 is 4.74 Å². The lowest BCUT2D eigenvalue weighted by molar-refractivity contribution is 0.309. The van der Waals surface area contributed by atoms with E-state index in [4.69, 9.17) is 4.74 Å². The molecule has 0 radical (unpaired) electrons. The largest absolute Gasteiger partial charge is 0.493 e. The normalized spacial score (nSPS) is 12.2. The van der Waals surface area contributed by atoms with Gasteiger partial charge in [-0.05, 0) is 36.9 Å². The summed E-state index contributed by atoms with van der Waals surface area (Å²) in [4.78, 5) is 0. The van der Waals surface area contributed by atoms with Crippen LogP contribution in [0.4, 0.5) is 0 Å². The summed E-state index contributed by atoms with van der Waals surface area (Å²) in [6, 6.07) is 25.4. The standard InChI is InChI=1S/C21H23NO/c1-17(18-9-3-2-4-10-18)22-15-8-16-23-21-14-7-12-19-11-5-6-13-20(19)21/h2-7,9-14,17,22H,8,15-16H2,1H3/t17-/m0/s1. The molecule has 0 unspecified atom stereocenters. The van der Waals surface area contributed by atoms with Gasteiger partial charge in [0.05, 0.1) is 6.61 Å². The first-order valence-corrected chi connectivity index (χ1v) is 8.23. The monoisotopic (exact) mass is 305 g/mol. The molecule has 0 amide bonds. The summed E-state index contributed by atoms with van der Waals surface area (Å²) >= 11 is 0. The summed E-state index contributed by atoms with van der Waals surface area (Å²) in [5, 5.41) is 5.95. The fourth-order valence-electron chi connectivity index (χ4n) is 2.75. The van der Waals surface area contributed by atoms with Gasteiger partial charge in [0.1, 0.15) is 5.75 Å². The van der Waals surface area contributed by atoms with Crippen LogP contribution in [0.3, 0.4) is 0 Å². The van der Waals surface area contributed by atoms with Crippen molar-refractivity contribution in [3.63, 3.8) is 0 Å². The Labute approximate surface area is 138 Å². The van der Waals surface area contributed by atoms with Crippen molar-refractivity contribution >= 4 is 10.8 Å². The molecule has 1 N–H and O–H groups in total. The Bertz CT molecular complexity index is 734. The van der Waals surface area contributed by atoms with E-state index in [1.54, 1.807) is 0 Å². The van der Waals surface area contributed by atoms with Crippen LogP contribution >= 0.6 is 0 Å². The van der Waals surface area contributed by atoms with Crippen LogP contribution in [0.25, 0.3) is 10.8 Å². The van der Waals surface area contributed by atoms with E-state index in [0.29, 0.717) is 6.04 Å². The molecule has 2 heteroatoms. The summed E-state index contributed by atoms with van der Waals surface area (Å²) in [7, 11) is 0. The zero-order valence-corrected chi connectivity index (χ0v) is 13.5. The molecule has 0 aliphatic heterocycles. The maximum Gasteiger partial charge on any atom is 0.127 e. The highest BCUT2D eigenvalue weighted by molar-refractivity contribution is 5.88. The molecule has 3 rings (SSSR count). The summed E-state index contributed by atoms with van der Waals surface area (Å²) in [6.45, 7) is 3.87. The van der Waals surface area contributed by atoms with Gasteiger partial charge in [0.25, 0.3) is 0 Å². The Balaban J connectivity index is 1.46. The molecule has 0 bridgehead atoms. The number of hydrogen-bond acceptors (Lipinski definition) is 2. The number of benzene rings is 3. The molecule has 0 spiro atoms. The van der Waals surface area contributed by atoms with E-state index < -0.39 is 0 Å². The van der Waals surface area contributed by atoms with Gasteiger partial charge in [-0.2, -0.15) is 0 Å². The first kappa shape index (κ1) is 15.6. The molecule has 23 heavy (non-hydrogen) atoms. The van der Waals surface area contributed by atoms with Crippen molar-refractivity contribution in [3.05, 3.63) is 78.4 Å². The minimum absolute atomic E-state index is 0.369. The lowest BCUT2D eigenvalue weighted by Gasteiger charge is -2.14. The fourth-order valence-corrected chi connectivity index (χ4v) is 2.75. The summed E-state index contributed by atoms with van der Waals surface area (Å²) < 4.78 is 5.97. The third-order valence-electron chi connectivity index (χ3n) is 4.08. The highest BCUT2D eigenvalue weighted by Gasteiger charge is 2.04. The average molecular weight is 305 g/mol. The van der Waals surface area contributed by atoms with E-state index in [1.807, 2.05) is 18.2 Å². The second-order valence-electron chi connectivity index (χ2n) is 5.77. The molecule has 0 saturated heterocycles. The van der Waals surface area contributed by atoms with Crippen LogP contribution in [0.15, 0.2) is 72.8 Å². The van der Waals surface area contributed by atoms with Gasteiger partial charge in [-0.25, -0.2) is 0 Å². The Morgan fingerprint density at radius 2 is 1.61 bits per heavy atom. The topological polar surface area (TPSA) is 21.3 Å². The molecular formula is C21H23NO. The third-order valence-corrected chi connectivity index (χ3v) is 4.08. The second-order valence-corrected chi connectivity index (χ2v) is 5.77.